The van der Waals surface area contributed by atoms with E-state index in [9.17, 15) is 33.4 Å². The van der Waals surface area contributed by atoms with Crippen LogP contribution in [0.15, 0.2) is 91.4 Å². The SMILES string of the molecule is CO.Cc1nn(-c2cccc(CO)c2)cc1N.Cc1nn(-c2cccc(CO)c2)cc1[N+](=O)[O-].O=[N+]([O-])c1cn[nH]c1C(F)(F)F.OCc1cccc(B(O)O)c1. The van der Waals surface area contributed by atoms with Crippen LogP contribution in [0.1, 0.15) is 33.8 Å². The Labute approximate surface area is 322 Å². The van der Waals surface area contributed by atoms with Crippen molar-refractivity contribution < 1.29 is 53.5 Å². The molecule has 0 saturated heterocycles. The first-order valence-electron chi connectivity index (χ1n) is 16.2. The quantitative estimate of drug-likeness (QED) is 0.0624. The minimum absolute atomic E-state index is 0.0144. The highest BCUT2D eigenvalue weighted by molar-refractivity contribution is 6.58. The fraction of sp³-hybridized carbons (Fsp3) is 0.206. The number of aromatic amines is 1. The van der Waals surface area contributed by atoms with Crippen LogP contribution < -0.4 is 11.2 Å². The van der Waals surface area contributed by atoms with Crippen LogP contribution in [-0.2, 0) is 26.0 Å². The number of halogens is 3. The van der Waals surface area contributed by atoms with Crippen molar-refractivity contribution in [1.29, 1.82) is 0 Å². The Bertz CT molecular complexity index is 2170. The highest BCUT2D eigenvalue weighted by Crippen LogP contribution is 2.33. The minimum atomic E-state index is -4.76. The monoisotopic (exact) mass is 801 g/mol. The third-order valence-electron chi connectivity index (χ3n) is 7.25. The lowest BCUT2D eigenvalue weighted by molar-refractivity contribution is -0.388. The summed E-state index contributed by atoms with van der Waals surface area (Å²) >= 11 is 0. The third-order valence-corrected chi connectivity index (χ3v) is 7.25. The van der Waals surface area contributed by atoms with E-state index < -0.39 is 34.5 Å². The molecule has 23 heteroatoms. The molecular weight excluding hydrogens is 762 g/mol. The van der Waals surface area contributed by atoms with Crippen molar-refractivity contribution in [2.45, 2.75) is 39.8 Å². The number of benzene rings is 3. The van der Waals surface area contributed by atoms with Gasteiger partial charge < -0.3 is 36.2 Å². The lowest BCUT2D eigenvalue weighted by atomic mass is 9.80. The summed E-state index contributed by atoms with van der Waals surface area (Å²) in [6.07, 6.45) is -1.11. The largest absolute Gasteiger partial charge is 0.488 e. The Balaban J connectivity index is 0.000000262. The van der Waals surface area contributed by atoms with E-state index in [0.29, 0.717) is 34.3 Å². The van der Waals surface area contributed by atoms with E-state index in [1.807, 2.05) is 31.2 Å². The van der Waals surface area contributed by atoms with Gasteiger partial charge in [0.1, 0.15) is 18.1 Å². The number of aliphatic hydroxyl groups excluding tert-OH is 4. The topological polar surface area (TPSA) is 298 Å². The molecule has 304 valence electrons. The minimum Gasteiger partial charge on any atom is -0.423 e. The molecule has 0 spiro atoms. The normalized spacial score (nSPS) is 10.3. The number of aryl methyl sites for hydroxylation is 2. The van der Waals surface area contributed by atoms with Crippen molar-refractivity contribution in [2.75, 3.05) is 12.8 Å². The molecule has 9 N–H and O–H groups in total. The first-order valence-corrected chi connectivity index (χ1v) is 16.2. The summed E-state index contributed by atoms with van der Waals surface area (Å²) in [4.78, 5) is 19.1. The molecule has 0 aliphatic rings. The Morgan fingerprint density at radius 2 is 1.21 bits per heavy atom. The molecule has 0 fully saturated rings. The number of nitrogens with one attached hydrogen (secondary N) is 1. The number of anilines is 1. The predicted octanol–water partition coefficient (Wildman–Crippen LogP) is 2.64. The molecule has 3 aromatic heterocycles. The fourth-order valence-corrected chi connectivity index (χ4v) is 4.44. The summed E-state index contributed by atoms with van der Waals surface area (Å²) in [7, 11) is -0.457. The second-order valence-electron chi connectivity index (χ2n) is 11.2. The van der Waals surface area contributed by atoms with Gasteiger partial charge in [-0.05, 0) is 60.3 Å². The molecule has 0 aliphatic heterocycles. The zero-order chi connectivity index (χ0) is 42.9. The van der Waals surface area contributed by atoms with Gasteiger partial charge in [-0.1, -0.05) is 48.5 Å². The number of hydrogen-bond donors (Lipinski definition) is 8. The number of alkyl halides is 3. The molecule has 0 atom stereocenters. The molecule has 19 nitrogen and oxygen atoms in total. The van der Waals surface area contributed by atoms with Gasteiger partial charge in [0.15, 0.2) is 0 Å². The number of nitro groups is 2. The molecule has 0 saturated carbocycles. The number of aliphatic hydroxyl groups is 4. The summed E-state index contributed by atoms with van der Waals surface area (Å²) in [5.41, 5.74) is 9.31. The molecule has 6 aromatic rings. The van der Waals surface area contributed by atoms with E-state index in [0.717, 1.165) is 29.6 Å². The maximum absolute atomic E-state index is 11.9. The molecule has 0 unspecified atom stereocenters. The first-order chi connectivity index (χ1) is 27.0. The number of nitrogens with two attached hydrogens (primary N) is 1. The molecule has 3 aromatic carbocycles. The summed E-state index contributed by atoms with van der Waals surface area (Å²) < 4.78 is 38.7. The second kappa shape index (κ2) is 22.2. The first kappa shape index (κ1) is 46.7. The van der Waals surface area contributed by atoms with E-state index in [1.54, 1.807) is 66.3 Å². The molecule has 0 aliphatic carbocycles. The number of nitrogen functional groups attached to an aromatic ring is 1. The lowest BCUT2D eigenvalue weighted by Crippen LogP contribution is -2.29. The third kappa shape index (κ3) is 13.9. The Hall–Kier alpha value is -6.50. The van der Waals surface area contributed by atoms with Crippen molar-refractivity contribution in [3.8, 4) is 11.4 Å². The lowest BCUT2D eigenvalue weighted by Gasteiger charge is -2.02. The zero-order valence-corrected chi connectivity index (χ0v) is 30.5. The summed E-state index contributed by atoms with van der Waals surface area (Å²) in [5, 5.41) is 84.6. The maximum Gasteiger partial charge on any atom is 0.488 e. The average molecular weight is 802 g/mol. The van der Waals surface area contributed by atoms with Crippen LogP contribution in [0.3, 0.4) is 0 Å². The molecule has 3 heterocycles. The van der Waals surface area contributed by atoms with Gasteiger partial charge in [0.25, 0.3) is 0 Å². The van der Waals surface area contributed by atoms with Gasteiger partial charge in [-0.2, -0.15) is 28.5 Å². The number of H-pyrrole nitrogens is 1. The van der Waals surface area contributed by atoms with Crippen LogP contribution in [0.25, 0.3) is 11.4 Å². The number of hydrogen-bond acceptors (Lipinski definition) is 14. The zero-order valence-electron chi connectivity index (χ0n) is 30.5. The number of rotatable bonds is 8. The predicted molar refractivity (Wildman–Crippen MR) is 200 cm³/mol. The van der Waals surface area contributed by atoms with Gasteiger partial charge in [-0.3, -0.25) is 25.3 Å². The highest BCUT2D eigenvalue weighted by Gasteiger charge is 2.40. The van der Waals surface area contributed by atoms with E-state index in [1.165, 1.54) is 16.0 Å². The Morgan fingerprint density at radius 3 is 1.60 bits per heavy atom. The van der Waals surface area contributed by atoms with Crippen LogP contribution in [0.2, 0.25) is 0 Å². The van der Waals surface area contributed by atoms with Crippen molar-refractivity contribution in [3.05, 3.63) is 145 Å². The molecule has 6 rings (SSSR count). The number of aromatic nitrogens is 6. The maximum atomic E-state index is 11.9. The summed E-state index contributed by atoms with van der Waals surface area (Å²) in [6, 6.07) is 21.1. The Morgan fingerprint density at radius 1 is 0.754 bits per heavy atom. The summed E-state index contributed by atoms with van der Waals surface area (Å²) in [6.45, 7) is 3.33. The summed E-state index contributed by atoms with van der Waals surface area (Å²) in [5.74, 6) is 0. The van der Waals surface area contributed by atoms with E-state index >= 15 is 0 Å². The van der Waals surface area contributed by atoms with Crippen LogP contribution >= 0.6 is 0 Å². The van der Waals surface area contributed by atoms with E-state index in [4.69, 9.17) is 36.2 Å². The Kier molecular flexibility index (Phi) is 18.1. The molecule has 0 amide bonds. The van der Waals surface area contributed by atoms with Crippen LogP contribution in [-0.4, -0.2) is 84.3 Å². The van der Waals surface area contributed by atoms with Gasteiger partial charge >= 0.3 is 24.7 Å². The second-order valence-corrected chi connectivity index (χ2v) is 11.2. The van der Waals surface area contributed by atoms with Gasteiger partial charge in [0.2, 0.25) is 5.69 Å². The highest BCUT2D eigenvalue weighted by atomic mass is 19.4. The van der Waals surface area contributed by atoms with Gasteiger partial charge in [0, 0.05) is 7.11 Å². The van der Waals surface area contributed by atoms with Crippen molar-refractivity contribution in [1.82, 2.24) is 29.8 Å². The smallest absolute Gasteiger partial charge is 0.423 e. The van der Waals surface area contributed by atoms with Crippen molar-refractivity contribution in [2.24, 2.45) is 0 Å². The fourth-order valence-electron chi connectivity index (χ4n) is 4.44. The average Bonchev–Trinajstić information content (AvgIpc) is 3.95. The van der Waals surface area contributed by atoms with Gasteiger partial charge in [0.05, 0.1) is 58.6 Å². The van der Waals surface area contributed by atoms with Crippen LogP contribution in [0.4, 0.5) is 30.2 Å². The molecule has 57 heavy (non-hydrogen) atoms. The van der Waals surface area contributed by atoms with Gasteiger partial charge in [-0.25, -0.2) is 9.36 Å². The standard InChI is InChI=1S/C11H11N3O3.C11H13N3O.C7H9BO3.C4H2F3N3O2.CH4O/c1-8-11(14(16)17)6-13(12-8)10-4-2-3-9(5-10)7-15;1-8-11(12)6-14(13-8)10-4-2-3-9(5-10)7-15;9-5-6-2-1-3-7(4-6)8(10)11;5-4(6,7)3-2(10(11)12)1-8-9-3;1-2/h2-6,15H,7H2,1H3;2-6,15H,7,12H2,1H3;1-4,9-11H,5H2;1H,(H,8,9);2H,1H3. The van der Waals surface area contributed by atoms with Crippen molar-refractivity contribution in [3.63, 3.8) is 0 Å². The van der Waals surface area contributed by atoms with Crippen LogP contribution in [0.5, 0.6) is 0 Å². The molecule has 0 radical (unpaired) electrons. The molecule has 0 bridgehead atoms. The molecular formula is C34H39BF3N9O10. The van der Waals surface area contributed by atoms with Crippen LogP contribution in [0, 0.1) is 34.1 Å². The van der Waals surface area contributed by atoms with Crippen molar-refractivity contribution >= 4 is 29.6 Å². The van der Waals surface area contributed by atoms with Gasteiger partial charge in [-0.15, -0.1) is 0 Å². The number of nitrogens with zero attached hydrogens (tertiary/aromatic N) is 7. The van der Waals surface area contributed by atoms with E-state index in [-0.39, 0.29) is 25.5 Å². The van der Waals surface area contributed by atoms with E-state index in [2.05, 4.69) is 15.3 Å².